The number of hydrazone groups is 1. The van der Waals surface area contributed by atoms with E-state index in [1.54, 1.807) is 42.5 Å². The van der Waals surface area contributed by atoms with E-state index in [-0.39, 0.29) is 23.0 Å². The van der Waals surface area contributed by atoms with Crippen molar-refractivity contribution in [3.8, 4) is 17.6 Å². The molecule has 0 aliphatic carbocycles. The smallest absolute Gasteiger partial charge is 0.270 e. The van der Waals surface area contributed by atoms with Crippen molar-refractivity contribution < 1.29 is 10.2 Å². The average molecular weight is 373 g/mol. The van der Waals surface area contributed by atoms with Crippen molar-refractivity contribution in [3.63, 3.8) is 0 Å². The van der Waals surface area contributed by atoms with Gasteiger partial charge in [-0.2, -0.15) is 5.26 Å². The van der Waals surface area contributed by atoms with Gasteiger partial charge in [0.05, 0.1) is 5.69 Å². The van der Waals surface area contributed by atoms with Crippen LogP contribution in [0.4, 0.5) is 11.4 Å². The van der Waals surface area contributed by atoms with Gasteiger partial charge in [0.2, 0.25) is 0 Å². The molecule has 0 atom stereocenters. The van der Waals surface area contributed by atoms with Crippen molar-refractivity contribution in [3.05, 3.63) is 84.4 Å². The van der Waals surface area contributed by atoms with Gasteiger partial charge in [-0.05, 0) is 31.2 Å². The molecule has 0 saturated heterocycles. The molecule has 0 unspecified atom stereocenters. The topological polar surface area (TPSA) is 113 Å². The Hall–Kier alpha value is -4.18. The van der Waals surface area contributed by atoms with E-state index in [4.69, 9.17) is 5.26 Å². The molecular weight excluding hydrogens is 354 g/mol. The molecule has 7 nitrogen and oxygen atoms in total. The van der Waals surface area contributed by atoms with Crippen molar-refractivity contribution in [2.75, 3.05) is 5.43 Å². The van der Waals surface area contributed by atoms with Crippen molar-refractivity contribution in [1.29, 1.82) is 5.26 Å². The third-order valence-electron chi connectivity index (χ3n) is 3.36. The number of phenols is 2. The van der Waals surface area contributed by atoms with Gasteiger partial charge < -0.3 is 10.2 Å². The molecule has 3 aromatic carbocycles. The van der Waals surface area contributed by atoms with Gasteiger partial charge in [-0.1, -0.05) is 60.2 Å². The number of nitrogens with one attached hydrogen (secondary N) is 1. The first-order valence-corrected chi connectivity index (χ1v) is 8.33. The molecule has 0 spiro atoms. The van der Waals surface area contributed by atoms with Crippen molar-refractivity contribution in [2.45, 2.75) is 6.92 Å². The number of amidine groups is 1. The molecule has 28 heavy (non-hydrogen) atoms. The van der Waals surface area contributed by atoms with E-state index >= 15 is 0 Å². The van der Waals surface area contributed by atoms with Crippen molar-refractivity contribution >= 4 is 17.2 Å². The van der Waals surface area contributed by atoms with E-state index < -0.39 is 0 Å². The lowest BCUT2D eigenvalue weighted by Crippen LogP contribution is -1.96. The monoisotopic (exact) mass is 373 g/mol. The second-order valence-electron chi connectivity index (χ2n) is 5.52. The van der Waals surface area contributed by atoms with Crippen molar-refractivity contribution in [1.82, 2.24) is 0 Å². The minimum Gasteiger partial charge on any atom is -0.506 e. The second-order valence-corrected chi connectivity index (χ2v) is 5.52. The fourth-order valence-electron chi connectivity index (χ4n) is 1.94. The largest absolute Gasteiger partial charge is 0.506 e. The Balaban J connectivity index is 0.000000336. The molecule has 0 aromatic heterocycles. The molecule has 0 heterocycles. The van der Waals surface area contributed by atoms with Gasteiger partial charge >= 0.3 is 0 Å². The molecule has 3 N–H and O–H groups in total. The first kappa shape index (κ1) is 20.1. The van der Waals surface area contributed by atoms with E-state index in [2.05, 4.69) is 39.8 Å². The maximum atomic E-state index is 9.54. The number of nitrogens with zero attached hydrogens (tertiary/aromatic N) is 4. The summed E-state index contributed by atoms with van der Waals surface area (Å²) in [5.41, 5.74) is 4.40. The van der Waals surface area contributed by atoms with E-state index in [0.717, 1.165) is 0 Å². The minimum atomic E-state index is -0.249. The van der Waals surface area contributed by atoms with Crippen LogP contribution in [0, 0.1) is 18.3 Å². The molecule has 0 amide bonds. The predicted molar refractivity (Wildman–Crippen MR) is 109 cm³/mol. The standard InChI is InChI=1S/C14H11N5O2.C7H8/c15-9-14(18-16-10-5-1-3-7-12(10)20)19-17-11-6-2-4-8-13(11)21;1-7-5-3-2-4-6-7/h1-8,16,20-21H;2-6H,1H3/b18-14-,19-17?;. The number of aromatic hydroxyl groups is 2. The summed E-state index contributed by atoms with van der Waals surface area (Å²) in [5.74, 6) is -0.301. The Bertz CT molecular complexity index is 995. The minimum absolute atomic E-state index is 0.00353. The number of para-hydroxylation sites is 3. The number of aryl methyl sites for hydroxylation is 1. The lowest BCUT2D eigenvalue weighted by atomic mass is 10.2. The molecule has 0 fully saturated rings. The zero-order valence-corrected chi connectivity index (χ0v) is 15.2. The Kier molecular flexibility index (Phi) is 7.72. The van der Waals surface area contributed by atoms with Crippen molar-refractivity contribution in [2.24, 2.45) is 15.3 Å². The zero-order valence-electron chi connectivity index (χ0n) is 15.2. The summed E-state index contributed by atoms with van der Waals surface area (Å²) in [5, 5.41) is 39.1. The van der Waals surface area contributed by atoms with Crippen LogP contribution in [0.5, 0.6) is 11.5 Å². The van der Waals surface area contributed by atoms with Gasteiger partial charge in [0.1, 0.15) is 23.3 Å². The molecule has 0 saturated carbocycles. The van der Waals surface area contributed by atoms with Crippen LogP contribution in [0.25, 0.3) is 0 Å². The molecule has 140 valence electrons. The van der Waals surface area contributed by atoms with Crippen LogP contribution in [-0.2, 0) is 0 Å². The fraction of sp³-hybridized carbons (Fsp3) is 0.0476. The molecule has 0 aliphatic heterocycles. The molecule has 3 aromatic rings. The third kappa shape index (κ3) is 6.61. The lowest BCUT2D eigenvalue weighted by Gasteiger charge is -2.01. The Morgan fingerprint density at radius 1 is 0.857 bits per heavy atom. The lowest BCUT2D eigenvalue weighted by molar-refractivity contribution is 0.476. The van der Waals surface area contributed by atoms with Gasteiger partial charge in [-0.15, -0.1) is 15.3 Å². The van der Waals surface area contributed by atoms with Crippen LogP contribution in [0.3, 0.4) is 0 Å². The van der Waals surface area contributed by atoms with Gasteiger partial charge in [0.25, 0.3) is 5.84 Å². The van der Waals surface area contributed by atoms with Crippen LogP contribution in [0.2, 0.25) is 0 Å². The second kappa shape index (κ2) is 10.7. The highest BCUT2D eigenvalue weighted by atomic mass is 16.3. The highest BCUT2D eigenvalue weighted by Gasteiger charge is 2.01. The van der Waals surface area contributed by atoms with Crippen LogP contribution < -0.4 is 5.43 Å². The van der Waals surface area contributed by atoms with Crippen LogP contribution >= 0.6 is 0 Å². The summed E-state index contributed by atoms with van der Waals surface area (Å²) >= 11 is 0. The molecule has 0 aliphatic rings. The van der Waals surface area contributed by atoms with Gasteiger partial charge in [0, 0.05) is 0 Å². The summed E-state index contributed by atoms with van der Waals surface area (Å²) in [6.07, 6.45) is 0. The number of nitriles is 1. The van der Waals surface area contributed by atoms with E-state index in [1.807, 2.05) is 18.2 Å². The number of rotatable bonds is 3. The highest BCUT2D eigenvalue weighted by Crippen LogP contribution is 2.25. The van der Waals surface area contributed by atoms with Gasteiger partial charge in [-0.3, -0.25) is 5.43 Å². The molecule has 3 rings (SSSR count). The number of hydrogen-bond acceptors (Lipinski definition) is 6. The Labute approximate surface area is 162 Å². The third-order valence-corrected chi connectivity index (χ3v) is 3.36. The summed E-state index contributed by atoms with van der Waals surface area (Å²) in [7, 11) is 0. The first-order chi connectivity index (χ1) is 13.6. The van der Waals surface area contributed by atoms with Gasteiger partial charge in [-0.25, -0.2) is 0 Å². The molecular formula is C21H19N5O2. The molecule has 0 radical (unpaired) electrons. The quantitative estimate of drug-likeness (QED) is 0.194. The normalized spacial score (nSPS) is 10.6. The number of hydrogen-bond donors (Lipinski definition) is 3. The predicted octanol–water partition coefficient (Wildman–Crippen LogP) is 5.13. The zero-order chi connectivity index (χ0) is 20.2. The molecule has 0 bridgehead atoms. The van der Waals surface area contributed by atoms with E-state index in [1.165, 1.54) is 17.7 Å². The van der Waals surface area contributed by atoms with Crippen LogP contribution in [-0.4, -0.2) is 16.0 Å². The first-order valence-electron chi connectivity index (χ1n) is 8.33. The fourth-order valence-corrected chi connectivity index (χ4v) is 1.94. The van der Waals surface area contributed by atoms with E-state index in [9.17, 15) is 10.2 Å². The number of benzene rings is 3. The maximum Gasteiger partial charge on any atom is 0.270 e. The van der Waals surface area contributed by atoms with Crippen LogP contribution in [0.15, 0.2) is 94.2 Å². The highest BCUT2D eigenvalue weighted by molar-refractivity contribution is 5.97. The maximum absolute atomic E-state index is 9.54. The Morgan fingerprint density at radius 3 is 2.04 bits per heavy atom. The number of azo groups is 1. The molecule has 7 heteroatoms. The summed E-state index contributed by atoms with van der Waals surface area (Å²) in [6.45, 7) is 2.08. The average Bonchev–Trinajstić information content (AvgIpc) is 2.71. The summed E-state index contributed by atoms with van der Waals surface area (Å²) in [6, 6.07) is 24.8. The summed E-state index contributed by atoms with van der Waals surface area (Å²) < 4.78 is 0. The van der Waals surface area contributed by atoms with Crippen LogP contribution in [0.1, 0.15) is 5.56 Å². The summed E-state index contributed by atoms with van der Waals surface area (Å²) in [4.78, 5) is 0. The Morgan fingerprint density at radius 2 is 1.46 bits per heavy atom. The van der Waals surface area contributed by atoms with Gasteiger partial charge in [0.15, 0.2) is 0 Å². The van der Waals surface area contributed by atoms with E-state index in [0.29, 0.717) is 5.69 Å². The number of phenolic OH excluding ortho intramolecular Hbond substituents is 2. The number of anilines is 1. The SMILES string of the molecule is Cc1ccccc1.N#C/C(N=Nc1ccccc1O)=N/Nc1ccccc1O.